The van der Waals surface area contributed by atoms with Gasteiger partial charge in [-0.1, -0.05) is 0 Å². The number of rotatable bonds is 1. The van der Waals surface area contributed by atoms with Gasteiger partial charge in [-0.3, -0.25) is 10.2 Å². The molecule has 1 aliphatic heterocycles. The summed E-state index contributed by atoms with van der Waals surface area (Å²) in [7, 11) is 0. The van der Waals surface area contributed by atoms with Crippen LogP contribution in [0, 0.1) is 0 Å². The summed E-state index contributed by atoms with van der Waals surface area (Å²) in [5, 5.41) is 0. The van der Waals surface area contributed by atoms with E-state index in [1.54, 1.807) is 0 Å². The molecule has 0 aromatic heterocycles. The van der Waals surface area contributed by atoms with Gasteiger partial charge >= 0.3 is 0 Å². The zero-order chi connectivity index (χ0) is 7.61. The Morgan fingerprint density at radius 1 is 1.60 bits per heavy atom. The minimum absolute atomic E-state index is 0.434. The molecule has 1 amide bonds. The van der Waals surface area contributed by atoms with Crippen molar-refractivity contribution in [3.63, 3.8) is 0 Å². The molecule has 1 heterocycles. The first-order valence-corrected chi connectivity index (χ1v) is 2.98. The fraction of sp³-hybridized carbons (Fsp3) is 0.800. The maximum Gasteiger partial charge on any atom is 0.293 e. The molecule has 5 heteroatoms. The molecule has 0 atom stereocenters. The Labute approximate surface area is 58.4 Å². The number of amides is 1. The van der Waals surface area contributed by atoms with Crippen LogP contribution in [0.25, 0.3) is 0 Å². The van der Waals surface area contributed by atoms with E-state index in [2.05, 4.69) is 0 Å². The van der Waals surface area contributed by atoms with Crippen LogP contribution in [0.3, 0.4) is 0 Å². The quantitative estimate of drug-likeness (QED) is 0.275. The minimum atomic E-state index is -1.17. The van der Waals surface area contributed by atoms with Crippen LogP contribution in [-0.4, -0.2) is 24.9 Å². The van der Waals surface area contributed by atoms with Crippen molar-refractivity contribution < 1.29 is 14.3 Å². The van der Waals surface area contributed by atoms with E-state index < -0.39 is 11.7 Å². The number of carbonyl (C=O) groups excluding carboxylic acids is 1. The van der Waals surface area contributed by atoms with E-state index in [4.69, 9.17) is 15.3 Å². The molecule has 0 saturated carbocycles. The number of nitrogens with two attached hydrogens (primary N) is 1. The maximum absolute atomic E-state index is 10.8. The number of nitrogens with one attached hydrogen (secondary N) is 1. The zero-order valence-corrected chi connectivity index (χ0v) is 5.72. The first-order chi connectivity index (χ1) is 4.69. The molecule has 0 unspecified atom stereocenters. The van der Waals surface area contributed by atoms with Gasteiger partial charge < -0.3 is 9.47 Å². The highest BCUT2D eigenvalue weighted by Crippen LogP contribution is 2.17. The summed E-state index contributed by atoms with van der Waals surface area (Å²) in [4.78, 5) is 10.8. The molecule has 1 saturated heterocycles. The van der Waals surface area contributed by atoms with Crippen LogP contribution >= 0.6 is 0 Å². The summed E-state index contributed by atoms with van der Waals surface area (Å²) in [6.07, 6.45) is 0. The Kier molecular flexibility index (Phi) is 1.89. The molecule has 0 aliphatic carbocycles. The molecule has 0 bridgehead atoms. The van der Waals surface area contributed by atoms with Gasteiger partial charge in [0.15, 0.2) is 0 Å². The summed E-state index contributed by atoms with van der Waals surface area (Å²) >= 11 is 0. The average molecular weight is 146 g/mol. The predicted molar refractivity (Wildman–Crippen MR) is 32.6 cm³/mol. The summed E-state index contributed by atoms with van der Waals surface area (Å²) < 4.78 is 9.96. The van der Waals surface area contributed by atoms with Crippen molar-refractivity contribution in [2.24, 2.45) is 5.84 Å². The van der Waals surface area contributed by atoms with Crippen LogP contribution in [0.2, 0.25) is 0 Å². The first kappa shape index (κ1) is 7.46. The van der Waals surface area contributed by atoms with Crippen molar-refractivity contribution in [2.45, 2.75) is 12.7 Å². The molecule has 1 aliphatic rings. The van der Waals surface area contributed by atoms with Gasteiger partial charge in [0.1, 0.15) is 0 Å². The number of hydrogen-bond donors (Lipinski definition) is 2. The second-order valence-corrected chi connectivity index (χ2v) is 2.12. The topological polar surface area (TPSA) is 73.6 Å². The second kappa shape index (κ2) is 2.53. The molecule has 1 fully saturated rings. The SMILES string of the molecule is CC1(C(=O)NN)OCCO1. The lowest BCUT2D eigenvalue weighted by Gasteiger charge is -2.18. The van der Waals surface area contributed by atoms with Gasteiger partial charge in [-0.15, -0.1) is 0 Å². The smallest absolute Gasteiger partial charge is 0.293 e. The number of ether oxygens (including phenoxy) is 2. The molecule has 3 N–H and O–H groups in total. The lowest BCUT2D eigenvalue weighted by atomic mass is 10.3. The highest BCUT2D eigenvalue weighted by Gasteiger charge is 2.38. The third-order valence-corrected chi connectivity index (χ3v) is 1.38. The summed E-state index contributed by atoms with van der Waals surface area (Å²) in [6, 6.07) is 0. The van der Waals surface area contributed by atoms with E-state index in [0.29, 0.717) is 13.2 Å². The highest BCUT2D eigenvalue weighted by atomic mass is 16.7. The van der Waals surface area contributed by atoms with Crippen LogP contribution in [0.4, 0.5) is 0 Å². The number of carbonyl (C=O) groups is 1. The Bertz CT molecular complexity index is 142. The molecule has 5 nitrogen and oxygen atoms in total. The molecule has 0 aromatic rings. The molecule has 0 spiro atoms. The van der Waals surface area contributed by atoms with E-state index in [1.807, 2.05) is 5.43 Å². The standard InChI is InChI=1S/C5H10N2O3/c1-5(4(8)7-6)9-2-3-10-5/h2-3,6H2,1H3,(H,7,8). The van der Waals surface area contributed by atoms with Gasteiger partial charge in [0.25, 0.3) is 5.91 Å². The monoisotopic (exact) mass is 146 g/mol. The number of hydrogen-bond acceptors (Lipinski definition) is 4. The van der Waals surface area contributed by atoms with Crippen molar-refractivity contribution >= 4 is 5.91 Å². The van der Waals surface area contributed by atoms with Crippen LogP contribution in [0.15, 0.2) is 0 Å². The number of hydrazine groups is 1. The van der Waals surface area contributed by atoms with Crippen LogP contribution in [0.1, 0.15) is 6.92 Å². The van der Waals surface area contributed by atoms with Crippen molar-refractivity contribution in [3.05, 3.63) is 0 Å². The van der Waals surface area contributed by atoms with Gasteiger partial charge in [0.2, 0.25) is 5.79 Å². The second-order valence-electron chi connectivity index (χ2n) is 2.12. The van der Waals surface area contributed by atoms with Crippen molar-refractivity contribution in [1.82, 2.24) is 5.43 Å². The van der Waals surface area contributed by atoms with Gasteiger partial charge in [-0.25, -0.2) is 5.84 Å². The summed E-state index contributed by atoms with van der Waals surface area (Å²) in [5.74, 6) is 3.25. The highest BCUT2D eigenvalue weighted by molar-refractivity contribution is 5.82. The van der Waals surface area contributed by atoms with Crippen molar-refractivity contribution in [2.75, 3.05) is 13.2 Å². The predicted octanol–water partition coefficient (Wildman–Crippen LogP) is -1.26. The Morgan fingerprint density at radius 2 is 2.10 bits per heavy atom. The van der Waals surface area contributed by atoms with Crippen molar-refractivity contribution in [1.29, 1.82) is 0 Å². The van der Waals surface area contributed by atoms with E-state index in [1.165, 1.54) is 6.92 Å². The third-order valence-electron chi connectivity index (χ3n) is 1.38. The molecule has 10 heavy (non-hydrogen) atoms. The van der Waals surface area contributed by atoms with Gasteiger partial charge in [0.05, 0.1) is 13.2 Å². The molecular formula is C5H10N2O3. The largest absolute Gasteiger partial charge is 0.340 e. The summed E-state index contributed by atoms with van der Waals surface area (Å²) in [6.45, 7) is 2.40. The first-order valence-electron chi connectivity index (χ1n) is 2.98. The van der Waals surface area contributed by atoms with E-state index in [9.17, 15) is 4.79 Å². The van der Waals surface area contributed by atoms with Gasteiger partial charge in [-0.05, 0) is 6.92 Å². The maximum atomic E-state index is 10.8. The fourth-order valence-corrected chi connectivity index (χ4v) is 0.777. The van der Waals surface area contributed by atoms with Gasteiger partial charge in [-0.2, -0.15) is 0 Å². The van der Waals surface area contributed by atoms with Crippen LogP contribution in [-0.2, 0) is 14.3 Å². The van der Waals surface area contributed by atoms with Crippen molar-refractivity contribution in [3.8, 4) is 0 Å². The minimum Gasteiger partial charge on any atom is -0.340 e. The summed E-state index contributed by atoms with van der Waals surface area (Å²) in [5.41, 5.74) is 1.96. The zero-order valence-electron chi connectivity index (χ0n) is 5.72. The Morgan fingerprint density at radius 3 is 2.50 bits per heavy atom. The van der Waals surface area contributed by atoms with Crippen LogP contribution < -0.4 is 11.3 Å². The molecule has 0 radical (unpaired) electrons. The lowest BCUT2D eigenvalue weighted by molar-refractivity contribution is -0.176. The van der Waals surface area contributed by atoms with E-state index in [0.717, 1.165) is 0 Å². The third kappa shape index (κ3) is 1.11. The fourth-order valence-electron chi connectivity index (χ4n) is 0.777. The average Bonchev–Trinajstić information content (AvgIpc) is 2.36. The van der Waals surface area contributed by atoms with E-state index >= 15 is 0 Å². The molecule has 58 valence electrons. The Hall–Kier alpha value is -0.650. The normalized spacial score (nSPS) is 22.6. The lowest BCUT2D eigenvalue weighted by Crippen LogP contribution is -2.48. The molecular weight excluding hydrogens is 136 g/mol. The molecule has 0 aromatic carbocycles. The molecule has 1 rings (SSSR count). The van der Waals surface area contributed by atoms with E-state index in [-0.39, 0.29) is 0 Å². The van der Waals surface area contributed by atoms with Gasteiger partial charge in [0, 0.05) is 0 Å². The Balaban J connectivity index is 2.58. The van der Waals surface area contributed by atoms with Crippen LogP contribution in [0.5, 0.6) is 0 Å².